The van der Waals surface area contributed by atoms with Crippen LogP contribution in [0.4, 0.5) is 8.78 Å². The monoisotopic (exact) mass is 383 g/mol. The minimum absolute atomic E-state index is 0.143. The highest BCUT2D eigenvalue weighted by atomic mass is 32.2. The van der Waals surface area contributed by atoms with E-state index >= 15 is 0 Å². The molecule has 1 aromatic carbocycles. The van der Waals surface area contributed by atoms with Gasteiger partial charge in [0.05, 0.1) is 6.20 Å². The van der Waals surface area contributed by atoms with E-state index in [2.05, 4.69) is 15.4 Å². The topological polar surface area (TPSA) is 99.3 Å². The third-order valence-corrected chi connectivity index (χ3v) is 6.86. The van der Waals surface area contributed by atoms with Crippen molar-refractivity contribution >= 4 is 15.9 Å². The molecular formula is C15H15F2N5O3S. The number of aromatic amines is 1. The first-order valence-electron chi connectivity index (χ1n) is 8.02. The fourth-order valence-corrected chi connectivity index (χ4v) is 5.70. The second-order valence-corrected chi connectivity index (χ2v) is 8.13. The van der Waals surface area contributed by atoms with Gasteiger partial charge in [-0.25, -0.2) is 17.2 Å². The molecule has 0 saturated carbocycles. The molecule has 8 nitrogen and oxygen atoms in total. The molecular weight excluding hydrogens is 368 g/mol. The number of halogens is 2. The van der Waals surface area contributed by atoms with Gasteiger partial charge < -0.3 is 4.90 Å². The average Bonchev–Trinajstić information content (AvgIpc) is 3.21. The number of carbonyl (C=O) groups is 1. The molecule has 138 valence electrons. The van der Waals surface area contributed by atoms with Crippen molar-refractivity contribution in [1.29, 1.82) is 0 Å². The Morgan fingerprint density at radius 3 is 2.31 bits per heavy atom. The minimum atomic E-state index is -4.35. The third kappa shape index (κ3) is 2.58. The third-order valence-electron chi connectivity index (χ3n) is 4.80. The molecule has 2 aromatic rings. The van der Waals surface area contributed by atoms with E-state index in [0.717, 1.165) is 22.5 Å². The van der Waals surface area contributed by atoms with Crippen LogP contribution in [0.3, 0.4) is 0 Å². The highest BCUT2D eigenvalue weighted by Gasteiger charge is 2.49. The van der Waals surface area contributed by atoms with Crippen LogP contribution < -0.4 is 0 Å². The van der Waals surface area contributed by atoms with Crippen LogP contribution in [-0.2, 0) is 10.0 Å². The molecule has 2 bridgehead atoms. The number of nitrogens with one attached hydrogen (secondary N) is 1. The molecule has 2 atom stereocenters. The number of hydrogen-bond donors (Lipinski definition) is 1. The van der Waals surface area contributed by atoms with E-state index in [-0.39, 0.29) is 24.7 Å². The summed E-state index contributed by atoms with van der Waals surface area (Å²) in [6.45, 7) is 0.285. The average molecular weight is 383 g/mol. The molecule has 26 heavy (non-hydrogen) atoms. The number of amides is 1. The Morgan fingerprint density at radius 1 is 1.15 bits per heavy atom. The maximum Gasteiger partial charge on any atom is 0.273 e. The number of sulfonamides is 1. The van der Waals surface area contributed by atoms with Crippen LogP contribution in [-0.4, -0.2) is 64.1 Å². The van der Waals surface area contributed by atoms with Gasteiger partial charge in [-0.1, -0.05) is 11.3 Å². The van der Waals surface area contributed by atoms with Gasteiger partial charge in [0.2, 0.25) is 10.0 Å². The molecule has 11 heteroatoms. The van der Waals surface area contributed by atoms with Gasteiger partial charge in [-0.05, 0) is 25.0 Å². The smallest absolute Gasteiger partial charge is 0.273 e. The van der Waals surface area contributed by atoms with Crippen molar-refractivity contribution in [3.05, 3.63) is 41.7 Å². The molecule has 4 rings (SSSR count). The second-order valence-electron chi connectivity index (χ2n) is 6.35. The Hall–Kier alpha value is -2.40. The SMILES string of the molecule is O=C(c1cnn[nH]1)N1CC2CCC(C1)N2S(=O)(=O)c1c(F)cccc1F. The standard InChI is InChI=1S/C15H15F2N5O3S/c16-11-2-1-3-12(17)14(11)26(24,25)22-9-4-5-10(22)8-21(7-9)15(23)13-6-18-20-19-13/h1-3,6,9-10H,4-5,7-8H2,(H,18,19,20). The first kappa shape index (κ1) is 17.0. The zero-order chi connectivity index (χ0) is 18.5. The van der Waals surface area contributed by atoms with E-state index in [4.69, 9.17) is 0 Å². The lowest BCUT2D eigenvalue weighted by atomic mass is 10.2. The van der Waals surface area contributed by atoms with Gasteiger partial charge in [-0.3, -0.25) is 9.89 Å². The number of benzene rings is 1. The van der Waals surface area contributed by atoms with Crippen LogP contribution in [0.15, 0.2) is 29.3 Å². The molecule has 2 fully saturated rings. The van der Waals surface area contributed by atoms with Crippen molar-refractivity contribution in [2.75, 3.05) is 13.1 Å². The molecule has 0 radical (unpaired) electrons. The minimum Gasteiger partial charge on any atom is -0.334 e. The van der Waals surface area contributed by atoms with Gasteiger partial charge in [0.1, 0.15) is 17.3 Å². The van der Waals surface area contributed by atoms with Crippen LogP contribution >= 0.6 is 0 Å². The Bertz CT molecular complexity index is 916. The van der Waals surface area contributed by atoms with E-state index < -0.39 is 38.6 Å². The van der Waals surface area contributed by atoms with Crippen LogP contribution in [0.25, 0.3) is 0 Å². The summed E-state index contributed by atoms with van der Waals surface area (Å²) in [4.78, 5) is 13.0. The maximum atomic E-state index is 14.0. The molecule has 0 spiro atoms. The number of H-pyrrole nitrogens is 1. The van der Waals surface area contributed by atoms with Crippen LogP contribution in [0.5, 0.6) is 0 Å². The van der Waals surface area contributed by atoms with Crippen molar-refractivity contribution in [1.82, 2.24) is 24.6 Å². The van der Waals surface area contributed by atoms with Crippen LogP contribution in [0.1, 0.15) is 23.3 Å². The number of likely N-dealkylation sites (tertiary alicyclic amines) is 1. The van der Waals surface area contributed by atoms with Gasteiger partial charge in [0.25, 0.3) is 5.91 Å². The van der Waals surface area contributed by atoms with E-state index in [9.17, 15) is 22.0 Å². The lowest BCUT2D eigenvalue weighted by Gasteiger charge is -2.39. The first-order valence-corrected chi connectivity index (χ1v) is 9.46. The quantitative estimate of drug-likeness (QED) is 0.844. The molecule has 1 aromatic heterocycles. The van der Waals surface area contributed by atoms with E-state index in [1.165, 1.54) is 11.1 Å². The number of nitrogens with zero attached hydrogens (tertiary/aromatic N) is 4. The Labute approximate surface area is 147 Å². The number of piperazine rings is 1. The van der Waals surface area contributed by atoms with Crippen molar-refractivity contribution in [3.8, 4) is 0 Å². The molecule has 2 aliphatic heterocycles. The predicted octanol–water partition coefficient (Wildman–Crippen LogP) is 0.761. The molecule has 1 N–H and O–H groups in total. The van der Waals surface area contributed by atoms with Crippen LogP contribution in [0, 0.1) is 11.6 Å². The summed E-state index contributed by atoms with van der Waals surface area (Å²) in [5.74, 6) is -2.57. The predicted molar refractivity (Wildman–Crippen MR) is 84.5 cm³/mol. The second kappa shape index (κ2) is 6.09. The zero-order valence-corrected chi connectivity index (χ0v) is 14.3. The van der Waals surface area contributed by atoms with Crippen LogP contribution in [0.2, 0.25) is 0 Å². The lowest BCUT2D eigenvalue weighted by Crippen LogP contribution is -2.57. The first-order chi connectivity index (χ1) is 12.4. The Balaban J connectivity index is 1.64. The summed E-state index contributed by atoms with van der Waals surface area (Å²) >= 11 is 0. The van der Waals surface area contributed by atoms with Gasteiger partial charge in [-0.15, -0.1) is 5.10 Å². The molecule has 2 unspecified atom stereocenters. The molecule has 2 saturated heterocycles. The largest absolute Gasteiger partial charge is 0.334 e. The summed E-state index contributed by atoms with van der Waals surface area (Å²) in [5.41, 5.74) is 0.209. The normalized spacial score (nSPS) is 23.4. The number of fused-ring (bicyclic) bond motifs is 2. The highest BCUT2D eigenvalue weighted by molar-refractivity contribution is 7.89. The summed E-state index contributed by atoms with van der Waals surface area (Å²) in [6, 6.07) is 1.90. The fraction of sp³-hybridized carbons (Fsp3) is 0.400. The number of aromatic nitrogens is 3. The lowest BCUT2D eigenvalue weighted by molar-refractivity contribution is 0.0608. The molecule has 3 heterocycles. The summed E-state index contributed by atoms with van der Waals surface area (Å²) < 4.78 is 55.1. The molecule has 2 aliphatic rings. The van der Waals surface area contributed by atoms with E-state index in [1.807, 2.05) is 0 Å². The number of carbonyl (C=O) groups excluding carboxylic acids is 1. The number of hydrogen-bond acceptors (Lipinski definition) is 5. The Morgan fingerprint density at radius 2 is 1.77 bits per heavy atom. The van der Waals surface area contributed by atoms with E-state index in [0.29, 0.717) is 12.8 Å². The van der Waals surface area contributed by atoms with E-state index in [1.54, 1.807) is 0 Å². The summed E-state index contributed by atoms with van der Waals surface area (Å²) in [5, 5.41) is 9.54. The number of rotatable bonds is 3. The zero-order valence-electron chi connectivity index (χ0n) is 13.5. The van der Waals surface area contributed by atoms with Crippen molar-refractivity contribution in [2.45, 2.75) is 29.8 Å². The van der Waals surface area contributed by atoms with Gasteiger partial charge >= 0.3 is 0 Å². The molecule has 1 amide bonds. The van der Waals surface area contributed by atoms with Crippen molar-refractivity contribution < 1.29 is 22.0 Å². The van der Waals surface area contributed by atoms with Gasteiger partial charge in [0.15, 0.2) is 4.90 Å². The Kier molecular flexibility index (Phi) is 3.99. The van der Waals surface area contributed by atoms with Gasteiger partial charge in [-0.2, -0.15) is 4.31 Å². The van der Waals surface area contributed by atoms with Crippen molar-refractivity contribution in [2.24, 2.45) is 0 Å². The molecule has 0 aliphatic carbocycles. The summed E-state index contributed by atoms with van der Waals surface area (Å²) in [6.07, 6.45) is 2.33. The highest BCUT2D eigenvalue weighted by Crippen LogP contribution is 2.37. The van der Waals surface area contributed by atoms with Crippen molar-refractivity contribution in [3.63, 3.8) is 0 Å². The fourth-order valence-electron chi connectivity index (χ4n) is 3.73. The summed E-state index contributed by atoms with van der Waals surface area (Å²) in [7, 11) is -4.35. The van der Waals surface area contributed by atoms with Gasteiger partial charge in [0, 0.05) is 25.2 Å². The maximum absolute atomic E-state index is 14.0.